The van der Waals surface area contributed by atoms with Gasteiger partial charge in [-0.15, -0.1) is 12.4 Å². The van der Waals surface area contributed by atoms with Crippen LogP contribution in [0.4, 0.5) is 0 Å². The number of benzene rings is 1. The second-order valence-electron chi connectivity index (χ2n) is 6.41. The molecule has 0 bridgehead atoms. The number of methoxy groups -OCH3 is 2. The van der Waals surface area contributed by atoms with E-state index in [1.54, 1.807) is 12.1 Å². The molecule has 0 aromatic heterocycles. The number of sulfonamides is 1. The van der Waals surface area contributed by atoms with Gasteiger partial charge in [0.15, 0.2) is 0 Å². The summed E-state index contributed by atoms with van der Waals surface area (Å²) in [5.74, 6) is -0.179. The van der Waals surface area contributed by atoms with E-state index in [2.05, 4.69) is 10.6 Å². The molecule has 0 aliphatic carbocycles. The highest BCUT2D eigenvalue weighted by Crippen LogP contribution is 2.17. The fourth-order valence-electron chi connectivity index (χ4n) is 2.90. The number of nitrogens with one attached hydrogen (secondary N) is 2. The van der Waals surface area contributed by atoms with Crippen molar-refractivity contribution in [1.29, 1.82) is 0 Å². The molecule has 1 fully saturated rings. The van der Waals surface area contributed by atoms with Crippen LogP contribution in [-0.2, 0) is 19.5 Å². The molecular formula is C18H30ClN3O5S. The van der Waals surface area contributed by atoms with Crippen molar-refractivity contribution in [2.75, 3.05) is 53.6 Å². The molecule has 1 aliphatic rings. The molecule has 1 amide bonds. The maximum Gasteiger partial charge on any atom is 0.251 e. The summed E-state index contributed by atoms with van der Waals surface area (Å²) in [5.41, 5.74) is 0.452. The molecule has 0 atom stereocenters. The Bertz CT molecular complexity index is 686. The third kappa shape index (κ3) is 6.98. The molecule has 0 saturated carbocycles. The Morgan fingerprint density at radius 3 is 2.14 bits per heavy atom. The molecule has 160 valence electrons. The Labute approximate surface area is 173 Å². The quantitative estimate of drug-likeness (QED) is 0.566. The molecule has 0 spiro atoms. The van der Waals surface area contributed by atoms with Crippen LogP contribution in [0.2, 0.25) is 0 Å². The zero-order chi connectivity index (χ0) is 19.7. The first-order valence-corrected chi connectivity index (χ1v) is 10.5. The number of ether oxygens (including phenoxy) is 2. The lowest BCUT2D eigenvalue weighted by Gasteiger charge is -2.24. The van der Waals surface area contributed by atoms with Crippen LogP contribution in [0.15, 0.2) is 29.2 Å². The summed E-state index contributed by atoms with van der Waals surface area (Å²) in [4.78, 5) is 12.5. The average Bonchev–Trinajstić information content (AvgIpc) is 2.68. The number of carbonyl (C=O) groups excluding carboxylic acids is 1. The Morgan fingerprint density at radius 2 is 1.64 bits per heavy atom. The maximum atomic E-state index is 12.8. The molecule has 2 N–H and O–H groups in total. The van der Waals surface area contributed by atoms with Crippen molar-refractivity contribution in [3.8, 4) is 0 Å². The second-order valence-corrected chi connectivity index (χ2v) is 8.35. The van der Waals surface area contributed by atoms with Crippen LogP contribution in [-0.4, -0.2) is 78.3 Å². The molecule has 0 radical (unpaired) electrons. The third-order valence-corrected chi connectivity index (χ3v) is 6.43. The summed E-state index contributed by atoms with van der Waals surface area (Å²) >= 11 is 0. The number of rotatable bonds is 10. The number of nitrogens with zero attached hydrogens (tertiary/aromatic N) is 1. The Kier molecular flexibility index (Phi) is 10.9. The predicted molar refractivity (Wildman–Crippen MR) is 110 cm³/mol. The monoisotopic (exact) mass is 435 g/mol. The first-order chi connectivity index (χ1) is 13.0. The Morgan fingerprint density at radius 1 is 1.11 bits per heavy atom. The fourth-order valence-corrected chi connectivity index (χ4v) is 4.31. The van der Waals surface area contributed by atoms with Gasteiger partial charge in [0, 0.05) is 38.9 Å². The average molecular weight is 436 g/mol. The lowest BCUT2D eigenvalue weighted by Crippen LogP contribution is -2.42. The van der Waals surface area contributed by atoms with Gasteiger partial charge in [-0.05, 0) is 50.2 Å². The van der Waals surface area contributed by atoms with Crippen molar-refractivity contribution in [2.24, 2.45) is 0 Å². The lowest BCUT2D eigenvalue weighted by atomic mass is 10.1. The normalized spacial score (nSPS) is 15.2. The van der Waals surface area contributed by atoms with Crippen LogP contribution in [0.1, 0.15) is 23.2 Å². The van der Waals surface area contributed by atoms with E-state index in [0.29, 0.717) is 18.8 Å². The van der Waals surface area contributed by atoms with E-state index in [-0.39, 0.29) is 42.3 Å². The van der Waals surface area contributed by atoms with E-state index in [0.717, 1.165) is 25.9 Å². The highest BCUT2D eigenvalue weighted by Gasteiger charge is 2.24. The van der Waals surface area contributed by atoms with E-state index in [1.807, 2.05) is 0 Å². The summed E-state index contributed by atoms with van der Waals surface area (Å²) < 4.78 is 37.0. The van der Waals surface area contributed by atoms with Crippen LogP contribution >= 0.6 is 12.4 Å². The first-order valence-electron chi connectivity index (χ1n) is 9.08. The largest absolute Gasteiger partial charge is 0.383 e. The topological polar surface area (TPSA) is 97.0 Å². The molecule has 1 aliphatic heterocycles. The number of hydrogen-bond donors (Lipinski definition) is 2. The van der Waals surface area contributed by atoms with Gasteiger partial charge in [0.25, 0.3) is 5.91 Å². The van der Waals surface area contributed by atoms with Gasteiger partial charge in [-0.1, -0.05) is 0 Å². The highest BCUT2D eigenvalue weighted by atomic mass is 35.5. The first kappa shape index (κ1) is 24.8. The number of carbonyl (C=O) groups is 1. The fraction of sp³-hybridized carbons (Fsp3) is 0.611. The van der Waals surface area contributed by atoms with Gasteiger partial charge in [0.2, 0.25) is 10.0 Å². The predicted octanol–water partition coefficient (Wildman–Crippen LogP) is 0.874. The van der Waals surface area contributed by atoms with Gasteiger partial charge in [0.1, 0.15) is 0 Å². The van der Waals surface area contributed by atoms with Crippen LogP contribution < -0.4 is 10.6 Å². The number of hydrogen-bond acceptors (Lipinski definition) is 6. The summed E-state index contributed by atoms with van der Waals surface area (Å²) in [7, 11) is -0.632. The minimum Gasteiger partial charge on any atom is -0.383 e. The summed E-state index contributed by atoms with van der Waals surface area (Å²) in [6.45, 7) is 2.83. The van der Waals surface area contributed by atoms with Gasteiger partial charge in [-0.3, -0.25) is 4.79 Å². The molecule has 2 rings (SSSR count). The van der Waals surface area contributed by atoms with Gasteiger partial charge in [0.05, 0.1) is 18.1 Å². The van der Waals surface area contributed by atoms with Crippen molar-refractivity contribution in [1.82, 2.24) is 14.9 Å². The van der Waals surface area contributed by atoms with Gasteiger partial charge in [-0.25, -0.2) is 8.42 Å². The molecule has 1 aromatic carbocycles. The standard InChI is InChI=1S/C18H29N3O5S.ClH/c1-25-13-11-21(12-14-26-2)27(23,24)17-5-3-15(4-6-17)18(22)20-16-7-9-19-10-8-16;/h3-6,16,19H,7-14H2,1-2H3,(H,20,22);1H. The molecular weight excluding hydrogens is 406 g/mol. The highest BCUT2D eigenvalue weighted by molar-refractivity contribution is 7.89. The molecule has 1 aromatic rings. The van der Waals surface area contributed by atoms with E-state index in [9.17, 15) is 13.2 Å². The second kappa shape index (κ2) is 12.4. The Hall–Kier alpha value is -1.23. The van der Waals surface area contributed by atoms with Crippen molar-refractivity contribution in [3.63, 3.8) is 0 Å². The van der Waals surface area contributed by atoms with Crippen LogP contribution in [0.5, 0.6) is 0 Å². The summed E-state index contributed by atoms with van der Waals surface area (Å²) in [6, 6.07) is 6.20. The molecule has 10 heteroatoms. The van der Waals surface area contributed by atoms with Crippen LogP contribution in [0.25, 0.3) is 0 Å². The molecule has 8 nitrogen and oxygen atoms in total. The maximum absolute atomic E-state index is 12.8. The van der Waals surface area contributed by atoms with E-state index in [4.69, 9.17) is 9.47 Å². The van der Waals surface area contributed by atoms with Crippen LogP contribution in [0, 0.1) is 0 Å². The van der Waals surface area contributed by atoms with Crippen molar-refractivity contribution < 1.29 is 22.7 Å². The van der Waals surface area contributed by atoms with Gasteiger partial charge >= 0.3 is 0 Å². The number of piperidine rings is 1. The molecule has 1 saturated heterocycles. The minimum atomic E-state index is -3.68. The number of amides is 1. The molecule has 1 heterocycles. The van der Waals surface area contributed by atoms with E-state index in [1.165, 1.54) is 30.7 Å². The van der Waals surface area contributed by atoms with Crippen molar-refractivity contribution >= 4 is 28.3 Å². The zero-order valence-corrected chi connectivity index (χ0v) is 18.0. The lowest BCUT2D eigenvalue weighted by molar-refractivity contribution is 0.0929. The zero-order valence-electron chi connectivity index (χ0n) is 16.3. The molecule has 0 unspecified atom stereocenters. The Balaban J connectivity index is 0.00000392. The SMILES string of the molecule is COCCN(CCOC)S(=O)(=O)c1ccc(C(=O)NC2CCNCC2)cc1.Cl. The smallest absolute Gasteiger partial charge is 0.251 e. The third-order valence-electron chi connectivity index (χ3n) is 4.52. The van der Waals surface area contributed by atoms with Crippen molar-refractivity contribution in [3.05, 3.63) is 29.8 Å². The van der Waals surface area contributed by atoms with Crippen LogP contribution in [0.3, 0.4) is 0 Å². The summed E-state index contributed by atoms with van der Waals surface area (Å²) in [5, 5.41) is 6.25. The van der Waals surface area contributed by atoms with Gasteiger partial charge in [-0.2, -0.15) is 4.31 Å². The van der Waals surface area contributed by atoms with Gasteiger partial charge < -0.3 is 20.1 Å². The minimum absolute atomic E-state index is 0. The van der Waals surface area contributed by atoms with E-state index < -0.39 is 10.0 Å². The summed E-state index contributed by atoms with van der Waals surface area (Å²) in [6.07, 6.45) is 1.79. The number of halogens is 1. The van der Waals surface area contributed by atoms with E-state index >= 15 is 0 Å². The van der Waals surface area contributed by atoms with Crippen molar-refractivity contribution in [2.45, 2.75) is 23.8 Å². The molecule has 28 heavy (non-hydrogen) atoms.